The molecule has 2 nitrogen and oxygen atoms in total. The zero-order valence-electron chi connectivity index (χ0n) is 5.90. The van der Waals surface area contributed by atoms with Crippen LogP contribution in [-0.2, 0) is 8.26 Å². The van der Waals surface area contributed by atoms with Crippen LogP contribution in [0.4, 0.5) is 26.3 Å². The van der Waals surface area contributed by atoms with Gasteiger partial charge in [-0.2, -0.15) is 21.6 Å². The largest absolute Gasteiger partial charge is 0.425 e. The van der Waals surface area contributed by atoms with Crippen molar-refractivity contribution >= 4 is 29.6 Å². The molecule has 0 amide bonds. The highest BCUT2D eigenvalue weighted by molar-refractivity contribution is 8.31. The number of rotatable bonds is 1. The van der Waals surface area contributed by atoms with E-state index in [-0.39, 0.29) is 0 Å². The first kappa shape index (κ1) is 16.5. The third-order valence-corrected chi connectivity index (χ3v) is 0.534. The third-order valence-electron chi connectivity index (χ3n) is 0.534. The van der Waals surface area contributed by atoms with Gasteiger partial charge in [-0.05, 0) is 0 Å². The summed E-state index contributed by atoms with van der Waals surface area (Å²) in [5.41, 5.74) is 0. The zero-order valence-corrected chi connectivity index (χ0v) is 8.23. The Morgan fingerprint density at radius 3 is 1.21 bits per heavy atom. The first-order chi connectivity index (χ1) is 5.85. The molecule has 0 rings (SSSR count). The Morgan fingerprint density at radius 1 is 1.00 bits per heavy atom. The molecule has 0 saturated heterocycles. The van der Waals surface area contributed by atoms with E-state index in [4.69, 9.17) is 8.42 Å². The third kappa shape index (κ3) is 14.6. The van der Waals surface area contributed by atoms with E-state index in [1.54, 1.807) is 0 Å². The second kappa shape index (κ2) is 5.86. The Hall–Kier alpha value is 0.110. The lowest BCUT2D eigenvalue weighted by molar-refractivity contribution is -0.211. The van der Waals surface area contributed by atoms with Gasteiger partial charge in [-0.25, -0.2) is 13.2 Å². The predicted octanol–water partition coefficient (Wildman–Crippen LogP) is 2.86. The molecule has 0 aromatic rings. The van der Waals surface area contributed by atoms with E-state index in [2.05, 4.69) is 21.4 Å². The van der Waals surface area contributed by atoms with Gasteiger partial charge in [0.05, 0.1) is 0 Å². The summed E-state index contributed by atoms with van der Waals surface area (Å²) in [4.78, 5) is 0. The van der Waals surface area contributed by atoms with Gasteiger partial charge < -0.3 is 0 Å². The van der Waals surface area contributed by atoms with Crippen molar-refractivity contribution in [1.29, 1.82) is 0 Å². The van der Waals surface area contributed by atoms with Gasteiger partial charge in [-0.15, -0.1) is 0 Å². The molecule has 0 N–H and O–H groups in total. The molecule has 0 aromatic carbocycles. The molecule has 0 aliphatic rings. The monoisotopic (exact) mass is 286 g/mol. The fourth-order valence-electron chi connectivity index (χ4n) is 0.143. The Balaban J connectivity index is 0. The molecule has 0 aliphatic heterocycles. The number of hydrogen-bond donors (Lipinski definition) is 0. The maximum absolute atomic E-state index is 11.2. The lowest BCUT2D eigenvalue weighted by Gasteiger charge is -2.09. The standard InChI is InChI=1S/C3H2F6.Cl2O2S/c4-1(2(5)6)3(7,8)9;1-5(2,3)4/h1-2H;. The normalized spacial score (nSPS) is 14.6. The van der Waals surface area contributed by atoms with Crippen molar-refractivity contribution in [2.45, 2.75) is 18.8 Å². The topological polar surface area (TPSA) is 34.1 Å². The van der Waals surface area contributed by atoms with Gasteiger partial charge in [0.15, 0.2) is 0 Å². The predicted molar refractivity (Wildman–Crippen MR) is 37.6 cm³/mol. The van der Waals surface area contributed by atoms with Crippen molar-refractivity contribution in [3.63, 3.8) is 0 Å². The minimum absolute atomic E-state index is 3.72. The molecule has 1 atom stereocenters. The van der Waals surface area contributed by atoms with Crippen LogP contribution in [-0.4, -0.2) is 27.2 Å². The molecule has 0 saturated carbocycles. The molecule has 0 aromatic heterocycles. The molecule has 0 bridgehead atoms. The SMILES string of the molecule is FC(F)C(F)C(F)(F)F.O=S(=O)(Cl)Cl. The van der Waals surface area contributed by atoms with Crippen molar-refractivity contribution in [3.05, 3.63) is 0 Å². The quantitative estimate of drug-likeness (QED) is 0.549. The second-order valence-corrected chi connectivity index (χ2v) is 5.32. The highest BCUT2D eigenvalue weighted by Crippen LogP contribution is 2.27. The van der Waals surface area contributed by atoms with Crippen LogP contribution in [0.3, 0.4) is 0 Å². The Bertz CT molecular complexity index is 240. The van der Waals surface area contributed by atoms with Gasteiger partial charge in [0, 0.05) is 21.4 Å². The zero-order chi connectivity index (χ0) is 12.2. The average molecular weight is 287 g/mol. The lowest BCUT2D eigenvalue weighted by atomic mass is 10.4. The van der Waals surface area contributed by atoms with Crippen molar-refractivity contribution in [1.82, 2.24) is 0 Å². The molecule has 1 unspecified atom stereocenters. The van der Waals surface area contributed by atoms with Crippen LogP contribution in [0.25, 0.3) is 0 Å². The first-order valence-electron chi connectivity index (χ1n) is 2.49. The van der Waals surface area contributed by atoms with Gasteiger partial charge in [0.25, 0.3) is 12.6 Å². The summed E-state index contributed by atoms with van der Waals surface area (Å²) < 4.78 is 83.7. The molecule has 11 heteroatoms. The second-order valence-electron chi connectivity index (χ2n) is 1.66. The van der Waals surface area contributed by atoms with Crippen molar-refractivity contribution in [3.8, 4) is 0 Å². The van der Waals surface area contributed by atoms with Crippen LogP contribution in [0.1, 0.15) is 0 Å². The molecule has 14 heavy (non-hydrogen) atoms. The Morgan fingerprint density at radius 2 is 1.21 bits per heavy atom. The van der Waals surface area contributed by atoms with E-state index in [0.29, 0.717) is 0 Å². The minimum atomic E-state index is -5.44. The van der Waals surface area contributed by atoms with Crippen molar-refractivity contribution < 1.29 is 34.8 Å². The van der Waals surface area contributed by atoms with Gasteiger partial charge >= 0.3 is 14.4 Å². The summed E-state index contributed by atoms with van der Waals surface area (Å²) in [5.74, 6) is 0. The van der Waals surface area contributed by atoms with E-state index in [9.17, 15) is 26.3 Å². The molecule has 0 spiro atoms. The molecular weight excluding hydrogens is 285 g/mol. The van der Waals surface area contributed by atoms with Crippen LogP contribution in [0.2, 0.25) is 0 Å². The molecule has 0 heterocycles. The number of halogens is 8. The average Bonchev–Trinajstić information content (AvgIpc) is 1.79. The van der Waals surface area contributed by atoms with Crippen LogP contribution >= 0.6 is 21.4 Å². The molecular formula is C3H2Cl2F6O2S. The van der Waals surface area contributed by atoms with Crippen LogP contribution in [0.5, 0.6) is 0 Å². The van der Waals surface area contributed by atoms with E-state index >= 15 is 0 Å². The van der Waals surface area contributed by atoms with Crippen LogP contribution in [0.15, 0.2) is 0 Å². The summed E-state index contributed by atoms with van der Waals surface area (Å²) in [6.45, 7) is 0. The highest BCUT2D eigenvalue weighted by Gasteiger charge is 2.46. The molecule has 0 fully saturated rings. The van der Waals surface area contributed by atoms with Crippen LogP contribution in [0, 0.1) is 0 Å². The smallest absolute Gasteiger partial charge is 0.231 e. The summed E-state index contributed by atoms with van der Waals surface area (Å²) >= 11 is 0. The fourth-order valence-corrected chi connectivity index (χ4v) is 0.143. The Labute approximate surface area is 83.7 Å². The van der Waals surface area contributed by atoms with Crippen molar-refractivity contribution in [2.24, 2.45) is 0 Å². The maximum Gasteiger partial charge on any atom is 0.425 e. The van der Waals surface area contributed by atoms with E-state index < -0.39 is 27.0 Å². The molecule has 88 valence electrons. The number of alkyl halides is 6. The summed E-state index contributed by atoms with van der Waals surface area (Å²) in [7, 11) is 4.81. The van der Waals surface area contributed by atoms with Gasteiger partial charge in [0.1, 0.15) is 0 Å². The molecule has 0 radical (unpaired) electrons. The maximum atomic E-state index is 11.2. The summed E-state index contributed by atoms with van der Waals surface area (Å²) in [5, 5.41) is 0. The molecule has 0 aliphatic carbocycles. The van der Waals surface area contributed by atoms with Crippen LogP contribution < -0.4 is 0 Å². The van der Waals surface area contributed by atoms with E-state index in [1.807, 2.05) is 0 Å². The first-order valence-corrected chi connectivity index (χ1v) is 5.62. The van der Waals surface area contributed by atoms with E-state index in [0.717, 1.165) is 0 Å². The van der Waals surface area contributed by atoms with Crippen molar-refractivity contribution in [2.75, 3.05) is 0 Å². The lowest BCUT2D eigenvalue weighted by Crippen LogP contribution is -2.30. The number of hydrogen-bond acceptors (Lipinski definition) is 2. The summed E-state index contributed by atoms with van der Waals surface area (Å²) in [6.07, 6.45) is -13.4. The highest BCUT2D eigenvalue weighted by atomic mass is 36.0. The van der Waals surface area contributed by atoms with Gasteiger partial charge in [0.2, 0.25) is 0 Å². The summed E-state index contributed by atoms with van der Waals surface area (Å²) in [6, 6.07) is 0. The van der Waals surface area contributed by atoms with E-state index in [1.165, 1.54) is 0 Å². The minimum Gasteiger partial charge on any atom is -0.231 e. The fraction of sp³-hybridized carbons (Fsp3) is 1.00. The van der Waals surface area contributed by atoms with Gasteiger partial charge in [-0.3, -0.25) is 0 Å². The van der Waals surface area contributed by atoms with Gasteiger partial charge in [-0.1, -0.05) is 0 Å². The Kier molecular flexibility index (Phi) is 6.92.